The summed E-state index contributed by atoms with van der Waals surface area (Å²) in [5, 5.41) is 4.45. The molecule has 11 heteroatoms. The molecule has 0 amide bonds. The molecule has 2 heterocycles. The number of aromatic nitrogens is 4. The zero-order valence-corrected chi connectivity index (χ0v) is 22.3. The fourth-order valence-electron chi connectivity index (χ4n) is 5.03. The summed E-state index contributed by atoms with van der Waals surface area (Å²) in [6, 6.07) is 10.9. The van der Waals surface area contributed by atoms with Crippen molar-refractivity contribution in [2.45, 2.75) is 44.8 Å². The molecule has 5 rings (SSSR count). The van der Waals surface area contributed by atoms with Crippen LogP contribution in [0.5, 0.6) is 0 Å². The summed E-state index contributed by atoms with van der Waals surface area (Å²) in [6.07, 6.45) is -0.0410. The number of benzene rings is 2. The quantitative estimate of drug-likeness (QED) is 0.192. The molecule has 38 heavy (non-hydrogen) atoms. The Balaban J connectivity index is 1.83. The van der Waals surface area contributed by atoms with Gasteiger partial charge < -0.3 is 0 Å². The summed E-state index contributed by atoms with van der Waals surface area (Å²) in [6.45, 7) is 8.76. The minimum atomic E-state index is -4.60. The van der Waals surface area contributed by atoms with Gasteiger partial charge in [-0.2, -0.15) is 18.3 Å². The molecule has 1 aliphatic carbocycles. The van der Waals surface area contributed by atoms with E-state index in [9.17, 15) is 22.8 Å². The van der Waals surface area contributed by atoms with Gasteiger partial charge in [-0.15, -0.1) is 0 Å². The van der Waals surface area contributed by atoms with Gasteiger partial charge in [0.25, 0.3) is 5.56 Å². The smallest absolute Gasteiger partial charge is 0.268 e. The number of hydrogen-bond acceptors (Lipinski definition) is 3. The van der Waals surface area contributed by atoms with E-state index < -0.39 is 23.0 Å². The lowest BCUT2D eigenvalue weighted by Crippen LogP contribution is -2.43. The topological polar surface area (TPSA) is 66.2 Å². The fraction of sp³-hybridized carbons (Fsp3) is 0.259. The highest BCUT2D eigenvalue weighted by molar-refractivity contribution is 14.1. The van der Waals surface area contributed by atoms with Gasteiger partial charge in [0.15, 0.2) is 5.69 Å². The van der Waals surface area contributed by atoms with Crippen LogP contribution in [0.2, 0.25) is 0 Å². The first-order valence-corrected chi connectivity index (χ1v) is 13.0. The molecule has 0 aliphatic heterocycles. The monoisotopic (exact) mass is 631 g/mol. The van der Waals surface area contributed by atoms with Gasteiger partial charge >= 0.3 is 11.9 Å². The van der Waals surface area contributed by atoms with E-state index in [-0.39, 0.29) is 23.0 Å². The van der Waals surface area contributed by atoms with Gasteiger partial charge in [-0.25, -0.2) is 14.3 Å². The van der Waals surface area contributed by atoms with Crippen LogP contribution in [0.3, 0.4) is 0 Å². The van der Waals surface area contributed by atoms with E-state index in [2.05, 4.69) is 32.5 Å². The Morgan fingerprint density at radius 2 is 1.74 bits per heavy atom. The Morgan fingerprint density at radius 1 is 1.05 bits per heavy atom. The Labute approximate surface area is 229 Å². The van der Waals surface area contributed by atoms with Crippen LogP contribution in [-0.4, -0.2) is 18.9 Å². The summed E-state index contributed by atoms with van der Waals surface area (Å²) in [5.41, 5.74) is -0.163. The normalized spacial score (nSPS) is 14.1. The maximum Gasteiger partial charge on any atom is 0.416 e. The molecule has 194 valence electrons. The molecule has 1 fully saturated rings. The fourth-order valence-corrected chi connectivity index (χ4v) is 5.65. The van der Waals surface area contributed by atoms with Crippen LogP contribution in [0.1, 0.15) is 43.0 Å². The lowest BCUT2D eigenvalue weighted by molar-refractivity contribution is -0.137. The first-order valence-electron chi connectivity index (χ1n) is 11.9. The largest absolute Gasteiger partial charge is 0.416 e. The highest BCUT2D eigenvalue weighted by atomic mass is 127. The van der Waals surface area contributed by atoms with Crippen molar-refractivity contribution < 1.29 is 13.2 Å². The third-order valence-corrected chi connectivity index (χ3v) is 7.62. The maximum atomic E-state index is 14.0. The molecule has 0 bridgehead atoms. The van der Waals surface area contributed by atoms with Gasteiger partial charge in [-0.3, -0.25) is 13.9 Å². The first kappa shape index (κ1) is 26.0. The second-order valence-electron chi connectivity index (χ2n) is 9.12. The Morgan fingerprint density at radius 3 is 2.37 bits per heavy atom. The van der Waals surface area contributed by atoms with Crippen LogP contribution in [0, 0.1) is 17.1 Å². The molecule has 0 atom stereocenters. The van der Waals surface area contributed by atoms with E-state index in [0.29, 0.717) is 33.5 Å². The summed E-state index contributed by atoms with van der Waals surface area (Å²) in [5.74, 6) is 0. The van der Waals surface area contributed by atoms with Crippen LogP contribution >= 0.6 is 22.6 Å². The van der Waals surface area contributed by atoms with Gasteiger partial charge in [0.2, 0.25) is 0 Å². The average molecular weight is 631 g/mol. The van der Waals surface area contributed by atoms with Crippen molar-refractivity contribution in [1.29, 1.82) is 0 Å². The molecule has 2 aromatic carbocycles. The molecule has 0 N–H and O–H groups in total. The van der Waals surface area contributed by atoms with E-state index in [1.54, 1.807) is 42.1 Å². The number of alkyl halides is 3. The highest BCUT2D eigenvalue weighted by Crippen LogP contribution is 2.33. The number of rotatable bonds is 4. The zero-order valence-electron chi connectivity index (χ0n) is 20.2. The Hall–Kier alpha value is -3.66. The first-order chi connectivity index (χ1) is 18.1. The van der Waals surface area contributed by atoms with Gasteiger partial charge in [0, 0.05) is 11.7 Å². The lowest BCUT2D eigenvalue weighted by Gasteiger charge is -2.21. The molecule has 0 radical (unpaired) electrons. The third-order valence-electron chi connectivity index (χ3n) is 6.83. The average Bonchev–Trinajstić information content (AvgIpc) is 3.54. The van der Waals surface area contributed by atoms with Gasteiger partial charge in [-0.05, 0) is 72.7 Å². The number of halogens is 4. The third kappa shape index (κ3) is 4.47. The van der Waals surface area contributed by atoms with Crippen molar-refractivity contribution in [1.82, 2.24) is 18.9 Å². The molecule has 0 unspecified atom stereocenters. The number of hydrogen-bond donors (Lipinski definition) is 0. The van der Waals surface area contributed by atoms with Gasteiger partial charge in [0.05, 0.1) is 44.5 Å². The second-order valence-corrected chi connectivity index (χ2v) is 10.3. The molecule has 2 aromatic heterocycles. The predicted molar refractivity (Wildman–Crippen MR) is 145 cm³/mol. The zero-order chi connectivity index (χ0) is 27.2. The van der Waals surface area contributed by atoms with Crippen molar-refractivity contribution >= 4 is 28.3 Å². The van der Waals surface area contributed by atoms with Crippen molar-refractivity contribution in [2.75, 3.05) is 0 Å². The molecule has 1 saturated carbocycles. The predicted octanol–water partition coefficient (Wildman–Crippen LogP) is 6.45. The molecule has 0 spiro atoms. The van der Waals surface area contributed by atoms with Crippen molar-refractivity contribution in [3.8, 4) is 22.6 Å². The molecule has 4 aromatic rings. The minimum Gasteiger partial charge on any atom is -0.268 e. The maximum absolute atomic E-state index is 14.0. The molecular weight excluding hydrogens is 610 g/mol. The highest BCUT2D eigenvalue weighted by Gasteiger charge is 2.32. The molecular formula is C27H21F3IN5O2. The van der Waals surface area contributed by atoms with Gasteiger partial charge in [0.1, 0.15) is 0 Å². The standard InChI is InChI=1S/C27H21F3IN5O2/c1-16-23(24-22(31)15-33-36(24)20-12-10-18(32-2)11-13-20)25(37)35(19-7-3-4-8-19)26(38)34(16)21-9-5-6-17(14-21)27(28,29)30/h5-6,9-15,19H,3-4,7-8H2,1H3. The van der Waals surface area contributed by atoms with Crippen LogP contribution in [0.15, 0.2) is 64.3 Å². The van der Waals surface area contributed by atoms with E-state index in [1.807, 2.05) is 0 Å². The van der Waals surface area contributed by atoms with Crippen LogP contribution in [-0.2, 0) is 6.18 Å². The Bertz CT molecular complexity index is 1690. The van der Waals surface area contributed by atoms with Crippen molar-refractivity contribution in [3.05, 3.63) is 102 Å². The van der Waals surface area contributed by atoms with Gasteiger partial charge in [-0.1, -0.05) is 31.0 Å². The van der Waals surface area contributed by atoms with Crippen molar-refractivity contribution in [3.63, 3.8) is 0 Å². The minimum absolute atomic E-state index is 0.0257. The van der Waals surface area contributed by atoms with E-state index in [1.165, 1.54) is 21.3 Å². The molecule has 1 aliphatic rings. The second kappa shape index (κ2) is 9.90. The van der Waals surface area contributed by atoms with E-state index in [0.717, 1.165) is 25.0 Å². The van der Waals surface area contributed by atoms with Crippen LogP contribution in [0.4, 0.5) is 18.9 Å². The number of nitrogens with zero attached hydrogens (tertiary/aromatic N) is 5. The molecule has 0 saturated heterocycles. The van der Waals surface area contributed by atoms with E-state index >= 15 is 0 Å². The Kier molecular flexibility index (Phi) is 6.77. The van der Waals surface area contributed by atoms with Crippen molar-refractivity contribution in [2.24, 2.45) is 0 Å². The molecule has 7 nitrogen and oxygen atoms in total. The summed E-state index contributed by atoms with van der Waals surface area (Å²) in [4.78, 5) is 31.2. The van der Waals surface area contributed by atoms with Crippen LogP contribution in [0.25, 0.3) is 27.5 Å². The van der Waals surface area contributed by atoms with E-state index in [4.69, 9.17) is 6.57 Å². The SMILES string of the molecule is [C-]#[N+]c1ccc(-n2ncc(I)c2-c2c(C)n(-c3cccc(C(F)(F)F)c3)c(=O)n(C3CCCC3)c2=O)cc1. The summed E-state index contributed by atoms with van der Waals surface area (Å²) in [7, 11) is 0. The summed E-state index contributed by atoms with van der Waals surface area (Å²) < 4.78 is 45.2. The lowest BCUT2D eigenvalue weighted by atomic mass is 10.1. The summed E-state index contributed by atoms with van der Waals surface area (Å²) >= 11 is 2.05. The van der Waals surface area contributed by atoms with Crippen LogP contribution < -0.4 is 11.2 Å².